The van der Waals surface area contributed by atoms with Crippen molar-refractivity contribution < 1.29 is 4.42 Å². The lowest BCUT2D eigenvalue weighted by molar-refractivity contribution is 0.660. The molecule has 0 radical (unpaired) electrons. The molecular weight excluding hydrogens is 739 g/mol. The van der Waals surface area contributed by atoms with Crippen LogP contribution in [-0.2, 0) is 5.41 Å². The SMILES string of the molecule is CC1(C)c2ccccc2-c2ccc(-c3cccc4c3oc3c5ccccc5c(-c5ccc(N(c6ccccc6)c6ccc(-c7ccc8ccccc8c7)cc6)cc5)cc43)cc21. The third-order valence-corrected chi connectivity index (χ3v) is 13.1. The van der Waals surface area contributed by atoms with Crippen molar-refractivity contribution in [3.8, 4) is 44.5 Å². The number of anilines is 3. The molecule has 0 saturated heterocycles. The van der Waals surface area contributed by atoms with Crippen LogP contribution < -0.4 is 4.90 Å². The summed E-state index contributed by atoms with van der Waals surface area (Å²) in [6.07, 6.45) is 0. The molecule has 1 aliphatic carbocycles. The summed E-state index contributed by atoms with van der Waals surface area (Å²) in [4.78, 5) is 2.33. The lowest BCUT2D eigenvalue weighted by Crippen LogP contribution is -2.14. The number of nitrogens with zero attached hydrogens (tertiary/aromatic N) is 1. The summed E-state index contributed by atoms with van der Waals surface area (Å²) in [5, 5.41) is 7.04. The molecular formula is C59H41NO. The highest BCUT2D eigenvalue weighted by molar-refractivity contribution is 6.20. The van der Waals surface area contributed by atoms with E-state index in [9.17, 15) is 0 Å². The Bertz CT molecular complexity index is 3480. The van der Waals surface area contributed by atoms with Gasteiger partial charge in [-0.1, -0.05) is 172 Å². The molecule has 1 aromatic heterocycles. The molecule has 2 heteroatoms. The van der Waals surface area contributed by atoms with Gasteiger partial charge in [-0.15, -0.1) is 0 Å². The van der Waals surface area contributed by atoms with E-state index < -0.39 is 0 Å². The molecule has 0 spiro atoms. The minimum atomic E-state index is -0.0778. The third kappa shape index (κ3) is 5.64. The molecule has 0 saturated carbocycles. The van der Waals surface area contributed by atoms with Crippen LogP contribution in [0.3, 0.4) is 0 Å². The zero-order chi connectivity index (χ0) is 40.7. The fraction of sp³-hybridized carbons (Fsp3) is 0.0508. The maximum Gasteiger partial charge on any atom is 0.143 e. The topological polar surface area (TPSA) is 16.4 Å². The summed E-state index contributed by atoms with van der Waals surface area (Å²) in [6.45, 7) is 4.68. The van der Waals surface area contributed by atoms with Crippen molar-refractivity contribution in [1.82, 2.24) is 0 Å². The Morgan fingerprint density at radius 3 is 1.70 bits per heavy atom. The van der Waals surface area contributed by atoms with Crippen LogP contribution in [0.4, 0.5) is 17.1 Å². The minimum Gasteiger partial charge on any atom is -0.455 e. The number of furan rings is 1. The van der Waals surface area contributed by atoms with E-state index in [1.807, 2.05) is 0 Å². The zero-order valence-electron chi connectivity index (χ0n) is 34.1. The van der Waals surface area contributed by atoms with Crippen LogP contribution in [-0.4, -0.2) is 0 Å². The Morgan fingerprint density at radius 2 is 0.902 bits per heavy atom. The maximum atomic E-state index is 6.97. The smallest absolute Gasteiger partial charge is 0.143 e. The molecule has 2 nitrogen and oxygen atoms in total. The van der Waals surface area contributed by atoms with E-state index >= 15 is 0 Å². The molecule has 1 heterocycles. The second-order valence-corrected chi connectivity index (χ2v) is 16.9. The first-order chi connectivity index (χ1) is 30.0. The van der Waals surface area contributed by atoms with E-state index in [4.69, 9.17) is 4.42 Å². The Labute approximate surface area is 355 Å². The van der Waals surface area contributed by atoms with E-state index in [2.05, 4.69) is 231 Å². The van der Waals surface area contributed by atoms with Gasteiger partial charge < -0.3 is 9.32 Å². The van der Waals surface area contributed by atoms with Gasteiger partial charge in [0.25, 0.3) is 0 Å². The maximum absolute atomic E-state index is 6.97. The van der Waals surface area contributed by atoms with E-state index in [1.165, 1.54) is 60.7 Å². The standard InChI is InChI=1S/C59H41NO/c1-59(2)55-22-11-10-18-49(55)50-34-29-43(36-56(50)59)47-20-12-21-52-54-37-53(48-17-8-9-19-51(48)58(54)61-57(47)52)40-27-32-46(33-28-40)60(44-15-4-3-5-16-44)45-30-25-39(26-31-45)42-24-23-38-13-6-7-14-41(38)35-42/h3-37H,1-2H3. The summed E-state index contributed by atoms with van der Waals surface area (Å²) in [6, 6.07) is 77.2. The first-order valence-electron chi connectivity index (χ1n) is 21.2. The quantitative estimate of drug-likeness (QED) is 0.167. The Hall–Kier alpha value is -7.68. The van der Waals surface area contributed by atoms with Gasteiger partial charge in [-0.2, -0.15) is 0 Å². The third-order valence-electron chi connectivity index (χ3n) is 13.1. The molecule has 0 amide bonds. The molecule has 0 fully saturated rings. The van der Waals surface area contributed by atoms with E-state index in [0.29, 0.717) is 0 Å². The fourth-order valence-corrected chi connectivity index (χ4v) is 9.94. The highest BCUT2D eigenvalue weighted by Crippen LogP contribution is 2.50. The molecule has 288 valence electrons. The molecule has 0 bridgehead atoms. The van der Waals surface area contributed by atoms with Crippen molar-refractivity contribution in [3.63, 3.8) is 0 Å². The lowest BCUT2D eigenvalue weighted by atomic mass is 9.81. The Balaban J connectivity index is 0.937. The largest absolute Gasteiger partial charge is 0.455 e. The molecule has 0 atom stereocenters. The van der Waals surface area contributed by atoms with Gasteiger partial charge in [-0.25, -0.2) is 0 Å². The van der Waals surface area contributed by atoms with Gasteiger partial charge in [-0.3, -0.25) is 0 Å². The zero-order valence-corrected chi connectivity index (χ0v) is 34.1. The van der Waals surface area contributed by atoms with Crippen LogP contribution in [0.1, 0.15) is 25.0 Å². The number of benzene rings is 10. The molecule has 11 aromatic rings. The fourth-order valence-electron chi connectivity index (χ4n) is 9.94. The first kappa shape index (κ1) is 35.3. The van der Waals surface area contributed by atoms with Gasteiger partial charge in [0.1, 0.15) is 11.2 Å². The average molecular weight is 780 g/mol. The van der Waals surface area contributed by atoms with Gasteiger partial charge >= 0.3 is 0 Å². The van der Waals surface area contributed by atoms with Crippen molar-refractivity contribution >= 4 is 60.5 Å². The van der Waals surface area contributed by atoms with Crippen molar-refractivity contribution in [1.29, 1.82) is 0 Å². The Kier molecular flexibility index (Phi) is 7.92. The molecule has 10 aromatic carbocycles. The molecule has 1 aliphatic rings. The minimum absolute atomic E-state index is 0.0778. The number of para-hydroxylation sites is 2. The molecule has 0 N–H and O–H groups in total. The molecule has 12 rings (SSSR count). The second kappa shape index (κ2) is 13.7. The lowest BCUT2D eigenvalue weighted by Gasteiger charge is -2.26. The predicted octanol–water partition coefficient (Wildman–Crippen LogP) is 16.7. The molecule has 61 heavy (non-hydrogen) atoms. The first-order valence-corrected chi connectivity index (χ1v) is 21.2. The summed E-state index contributed by atoms with van der Waals surface area (Å²) >= 11 is 0. The van der Waals surface area contributed by atoms with Crippen molar-refractivity contribution in [2.75, 3.05) is 4.90 Å². The van der Waals surface area contributed by atoms with Crippen LogP contribution in [0.5, 0.6) is 0 Å². The summed E-state index contributed by atoms with van der Waals surface area (Å²) in [5.41, 5.74) is 17.5. The summed E-state index contributed by atoms with van der Waals surface area (Å²) in [5.74, 6) is 0. The van der Waals surface area contributed by atoms with Gasteiger partial charge in [0, 0.05) is 44.2 Å². The number of hydrogen-bond acceptors (Lipinski definition) is 2. The summed E-state index contributed by atoms with van der Waals surface area (Å²) < 4.78 is 6.97. The van der Waals surface area contributed by atoms with E-state index in [0.717, 1.165) is 55.5 Å². The van der Waals surface area contributed by atoms with Gasteiger partial charge in [0.15, 0.2) is 0 Å². The van der Waals surface area contributed by atoms with Crippen LogP contribution >= 0.6 is 0 Å². The van der Waals surface area contributed by atoms with Crippen molar-refractivity contribution in [2.24, 2.45) is 0 Å². The highest BCUT2D eigenvalue weighted by atomic mass is 16.3. The Morgan fingerprint density at radius 1 is 0.328 bits per heavy atom. The number of hydrogen-bond donors (Lipinski definition) is 0. The second-order valence-electron chi connectivity index (χ2n) is 16.9. The monoisotopic (exact) mass is 779 g/mol. The van der Waals surface area contributed by atoms with Crippen LogP contribution in [0.25, 0.3) is 88.0 Å². The number of fused-ring (bicyclic) bond motifs is 9. The van der Waals surface area contributed by atoms with E-state index in [1.54, 1.807) is 0 Å². The molecule has 0 aliphatic heterocycles. The van der Waals surface area contributed by atoms with Gasteiger partial charge in [0.2, 0.25) is 0 Å². The van der Waals surface area contributed by atoms with Crippen LogP contribution in [0, 0.1) is 0 Å². The van der Waals surface area contributed by atoms with Crippen LogP contribution in [0.15, 0.2) is 217 Å². The highest BCUT2D eigenvalue weighted by Gasteiger charge is 2.35. The number of rotatable bonds is 6. The van der Waals surface area contributed by atoms with E-state index in [-0.39, 0.29) is 5.41 Å². The van der Waals surface area contributed by atoms with Gasteiger partial charge in [-0.05, 0) is 121 Å². The van der Waals surface area contributed by atoms with Crippen LogP contribution in [0.2, 0.25) is 0 Å². The van der Waals surface area contributed by atoms with Gasteiger partial charge in [0.05, 0.1) is 0 Å². The average Bonchev–Trinajstić information content (AvgIpc) is 3.81. The van der Waals surface area contributed by atoms with Crippen molar-refractivity contribution in [2.45, 2.75) is 19.3 Å². The van der Waals surface area contributed by atoms with Crippen molar-refractivity contribution in [3.05, 3.63) is 223 Å². The molecule has 0 unspecified atom stereocenters. The normalized spacial score (nSPS) is 12.9. The predicted molar refractivity (Wildman–Crippen MR) is 257 cm³/mol. The summed E-state index contributed by atoms with van der Waals surface area (Å²) in [7, 11) is 0.